The summed E-state index contributed by atoms with van der Waals surface area (Å²) in [5.41, 5.74) is 5.60. The van der Waals surface area contributed by atoms with E-state index in [0.717, 1.165) is 0 Å². The van der Waals surface area contributed by atoms with Crippen LogP contribution in [-0.2, 0) is 19.6 Å². The van der Waals surface area contributed by atoms with Crippen LogP contribution in [0.15, 0.2) is 17.0 Å². The molecule has 0 bridgehead atoms. The van der Waals surface area contributed by atoms with E-state index in [1.165, 1.54) is 12.1 Å². The standard InChI is InChI=1S/C12H16Cl2N2O4S/c1-2-20-10(17)4-3-7-16-21(18,19)9-6-5-8(13)12(15)11(9)14/h5-6,16H,2-4,7,15H2,1H3. The monoisotopic (exact) mass is 354 g/mol. The Morgan fingerprint density at radius 1 is 1.38 bits per heavy atom. The van der Waals surface area contributed by atoms with E-state index in [9.17, 15) is 13.2 Å². The Bertz CT molecular complexity index is 620. The fourth-order valence-corrected chi connectivity index (χ4v) is 3.34. The van der Waals surface area contributed by atoms with E-state index in [4.69, 9.17) is 33.7 Å². The van der Waals surface area contributed by atoms with E-state index < -0.39 is 10.0 Å². The van der Waals surface area contributed by atoms with Crippen LogP contribution in [0.5, 0.6) is 0 Å². The van der Waals surface area contributed by atoms with Crippen molar-refractivity contribution >= 4 is 44.9 Å². The first-order valence-electron chi connectivity index (χ1n) is 6.18. The zero-order valence-corrected chi connectivity index (χ0v) is 13.7. The summed E-state index contributed by atoms with van der Waals surface area (Å²) in [6, 6.07) is 2.63. The van der Waals surface area contributed by atoms with Gasteiger partial charge in [-0.05, 0) is 25.5 Å². The van der Waals surface area contributed by atoms with Gasteiger partial charge in [0.05, 0.1) is 22.3 Å². The first-order chi connectivity index (χ1) is 9.79. The number of nitrogens with one attached hydrogen (secondary N) is 1. The van der Waals surface area contributed by atoms with Gasteiger partial charge in [-0.2, -0.15) is 0 Å². The van der Waals surface area contributed by atoms with Gasteiger partial charge in [0.15, 0.2) is 0 Å². The lowest BCUT2D eigenvalue weighted by molar-refractivity contribution is -0.143. The van der Waals surface area contributed by atoms with Crippen LogP contribution in [0.1, 0.15) is 19.8 Å². The molecular formula is C12H16Cl2N2O4S. The fourth-order valence-electron chi connectivity index (χ4n) is 1.51. The summed E-state index contributed by atoms with van der Waals surface area (Å²) in [4.78, 5) is 11.0. The van der Waals surface area contributed by atoms with Gasteiger partial charge in [-0.15, -0.1) is 0 Å². The molecule has 6 nitrogen and oxygen atoms in total. The molecule has 0 saturated carbocycles. The molecule has 1 rings (SSSR count). The van der Waals surface area contributed by atoms with Gasteiger partial charge in [-0.3, -0.25) is 4.79 Å². The minimum Gasteiger partial charge on any atom is -0.466 e. The van der Waals surface area contributed by atoms with Crippen molar-refractivity contribution in [3.63, 3.8) is 0 Å². The molecule has 0 saturated heterocycles. The molecule has 3 N–H and O–H groups in total. The minimum atomic E-state index is -3.81. The van der Waals surface area contributed by atoms with Gasteiger partial charge in [-0.1, -0.05) is 23.2 Å². The molecule has 0 amide bonds. The summed E-state index contributed by atoms with van der Waals surface area (Å²) >= 11 is 11.6. The number of sulfonamides is 1. The highest BCUT2D eigenvalue weighted by atomic mass is 35.5. The largest absolute Gasteiger partial charge is 0.466 e. The number of nitrogen functional groups attached to an aromatic ring is 1. The van der Waals surface area contributed by atoms with Crippen molar-refractivity contribution in [1.29, 1.82) is 0 Å². The zero-order chi connectivity index (χ0) is 16.0. The Kier molecular flexibility index (Phi) is 6.73. The lowest BCUT2D eigenvalue weighted by Crippen LogP contribution is -2.25. The molecular weight excluding hydrogens is 339 g/mol. The number of nitrogens with two attached hydrogens (primary N) is 1. The van der Waals surface area contributed by atoms with Crippen LogP contribution in [0.2, 0.25) is 10.0 Å². The van der Waals surface area contributed by atoms with E-state index in [-0.39, 0.29) is 39.6 Å². The number of ether oxygens (including phenoxy) is 1. The minimum absolute atomic E-state index is 0.00716. The van der Waals surface area contributed by atoms with E-state index in [1.807, 2.05) is 0 Å². The normalized spacial score (nSPS) is 11.4. The number of benzene rings is 1. The number of hydrogen-bond donors (Lipinski definition) is 2. The number of anilines is 1. The molecule has 0 spiro atoms. The van der Waals surface area contributed by atoms with Gasteiger partial charge >= 0.3 is 5.97 Å². The maximum Gasteiger partial charge on any atom is 0.305 e. The third kappa shape index (κ3) is 5.03. The van der Waals surface area contributed by atoms with Gasteiger partial charge < -0.3 is 10.5 Å². The Morgan fingerprint density at radius 2 is 2.05 bits per heavy atom. The molecule has 0 aromatic heterocycles. The van der Waals surface area contributed by atoms with Crippen molar-refractivity contribution in [2.75, 3.05) is 18.9 Å². The molecule has 0 atom stereocenters. The first kappa shape index (κ1) is 18.0. The van der Waals surface area contributed by atoms with Crippen molar-refractivity contribution in [2.45, 2.75) is 24.7 Å². The summed E-state index contributed by atoms with van der Waals surface area (Å²) in [5, 5.41) is 0.0571. The van der Waals surface area contributed by atoms with Crippen LogP contribution in [0.3, 0.4) is 0 Å². The van der Waals surface area contributed by atoms with Gasteiger partial charge in [0.1, 0.15) is 4.90 Å². The van der Waals surface area contributed by atoms with E-state index in [2.05, 4.69) is 4.72 Å². The Hall–Kier alpha value is -1.02. The molecule has 0 aliphatic rings. The quantitative estimate of drug-likeness (QED) is 0.444. The Balaban J connectivity index is 2.67. The second-order valence-electron chi connectivity index (χ2n) is 4.08. The summed E-state index contributed by atoms with van der Waals surface area (Å²) in [7, 11) is -3.81. The van der Waals surface area contributed by atoms with Crippen molar-refractivity contribution < 1.29 is 17.9 Å². The van der Waals surface area contributed by atoms with E-state index >= 15 is 0 Å². The molecule has 0 unspecified atom stereocenters. The molecule has 118 valence electrons. The van der Waals surface area contributed by atoms with Crippen LogP contribution in [0.4, 0.5) is 5.69 Å². The van der Waals surface area contributed by atoms with Crippen LogP contribution in [0.25, 0.3) is 0 Å². The van der Waals surface area contributed by atoms with Crippen LogP contribution in [-0.4, -0.2) is 27.5 Å². The van der Waals surface area contributed by atoms with Crippen molar-refractivity contribution in [1.82, 2.24) is 4.72 Å². The van der Waals surface area contributed by atoms with Crippen molar-refractivity contribution in [3.8, 4) is 0 Å². The average molecular weight is 355 g/mol. The summed E-state index contributed by atoms with van der Waals surface area (Å²) in [6.07, 6.45) is 0.450. The second kappa shape index (κ2) is 7.84. The number of halogens is 2. The fraction of sp³-hybridized carbons (Fsp3) is 0.417. The maximum absolute atomic E-state index is 12.1. The highest BCUT2D eigenvalue weighted by Gasteiger charge is 2.20. The van der Waals surface area contributed by atoms with E-state index in [1.54, 1.807) is 6.92 Å². The highest BCUT2D eigenvalue weighted by Crippen LogP contribution is 2.32. The maximum atomic E-state index is 12.1. The molecule has 9 heteroatoms. The average Bonchev–Trinajstić information content (AvgIpc) is 2.41. The number of carbonyl (C=O) groups excluding carboxylic acids is 1. The molecule has 21 heavy (non-hydrogen) atoms. The molecule has 0 aliphatic carbocycles. The third-order valence-corrected chi connectivity index (χ3v) is 4.89. The topological polar surface area (TPSA) is 98.5 Å². The highest BCUT2D eigenvalue weighted by molar-refractivity contribution is 7.89. The third-order valence-electron chi connectivity index (χ3n) is 2.54. The van der Waals surface area contributed by atoms with Gasteiger partial charge in [0.2, 0.25) is 10.0 Å². The predicted octanol–water partition coefficient (Wildman–Crippen LogP) is 2.20. The summed E-state index contributed by atoms with van der Waals surface area (Å²) in [5.74, 6) is -0.370. The number of hydrogen-bond acceptors (Lipinski definition) is 5. The first-order valence-corrected chi connectivity index (χ1v) is 8.42. The van der Waals surface area contributed by atoms with Crippen molar-refractivity contribution in [2.24, 2.45) is 0 Å². The zero-order valence-electron chi connectivity index (χ0n) is 11.4. The van der Waals surface area contributed by atoms with Crippen molar-refractivity contribution in [3.05, 3.63) is 22.2 Å². The van der Waals surface area contributed by atoms with E-state index in [0.29, 0.717) is 13.0 Å². The summed E-state index contributed by atoms with van der Waals surface area (Å²) < 4.78 is 31.2. The molecule has 0 fully saturated rings. The second-order valence-corrected chi connectivity index (χ2v) is 6.60. The number of rotatable bonds is 7. The predicted molar refractivity (Wildman–Crippen MR) is 81.9 cm³/mol. The molecule has 0 radical (unpaired) electrons. The van der Waals surface area contributed by atoms with Crippen LogP contribution < -0.4 is 10.5 Å². The SMILES string of the molecule is CCOC(=O)CCCNS(=O)(=O)c1ccc(Cl)c(N)c1Cl. The lowest BCUT2D eigenvalue weighted by Gasteiger charge is -2.10. The van der Waals surface area contributed by atoms with Crippen LogP contribution >= 0.6 is 23.2 Å². The molecule has 1 aromatic rings. The van der Waals surface area contributed by atoms with Gasteiger partial charge in [-0.25, -0.2) is 13.1 Å². The molecule has 1 aromatic carbocycles. The van der Waals surface area contributed by atoms with Crippen LogP contribution in [0, 0.1) is 0 Å². The smallest absolute Gasteiger partial charge is 0.305 e. The lowest BCUT2D eigenvalue weighted by atomic mass is 10.3. The summed E-state index contributed by atoms with van der Waals surface area (Å²) in [6.45, 7) is 2.08. The Morgan fingerprint density at radius 3 is 2.67 bits per heavy atom. The number of esters is 1. The number of carbonyl (C=O) groups is 1. The molecule has 0 heterocycles. The Labute approximate surface area is 133 Å². The van der Waals surface area contributed by atoms with Gasteiger partial charge in [0, 0.05) is 13.0 Å². The molecule has 0 aliphatic heterocycles. The van der Waals surface area contributed by atoms with Gasteiger partial charge in [0.25, 0.3) is 0 Å².